The molecule has 2 aromatic carbocycles. The highest BCUT2D eigenvalue weighted by atomic mass is 127. The van der Waals surface area contributed by atoms with Gasteiger partial charge in [0.15, 0.2) is 0 Å². The topological polar surface area (TPSA) is 137 Å². The number of carbonyl (C=O) groups is 3. The van der Waals surface area contributed by atoms with E-state index in [1.807, 2.05) is 12.1 Å². The first-order valence-electron chi connectivity index (χ1n) is 15.7. The van der Waals surface area contributed by atoms with Crippen molar-refractivity contribution in [2.75, 3.05) is 25.5 Å². The molecule has 3 atom stereocenters. The molecule has 46 heavy (non-hydrogen) atoms. The molecule has 1 unspecified atom stereocenters. The van der Waals surface area contributed by atoms with Gasteiger partial charge >= 0.3 is 12.0 Å². The number of anilines is 1. The van der Waals surface area contributed by atoms with Crippen molar-refractivity contribution in [1.29, 1.82) is 0 Å². The number of nitrogens with one attached hydrogen (secondary N) is 3. The maximum absolute atomic E-state index is 13.7. The monoisotopic (exact) mass is 762 g/mol. The van der Waals surface area contributed by atoms with Crippen LogP contribution in [0.4, 0.5) is 9.80 Å². The number of piperidine rings is 1. The van der Waals surface area contributed by atoms with Crippen molar-refractivity contribution in [2.24, 2.45) is 0 Å². The number of likely N-dealkylation sites (N-methyl/N-ethyl adjacent to an activating group) is 1. The second-order valence-corrected chi connectivity index (χ2v) is 13.6. The lowest BCUT2D eigenvalue weighted by atomic mass is 9.98. The number of carbonyl (C=O) groups excluding carboxylic acids is 3. The number of benzene rings is 2. The van der Waals surface area contributed by atoms with Crippen molar-refractivity contribution >= 4 is 34.2 Å². The SMILES string of the molecule is C[N+]1(Cc2ccc(O)cc2)CCC[C@H](NC(=O)[C@H](Cc2ccc(O)cc2)NC(=O)Nc2ccc(C(=O)OC3CCCCC3)s2)C1.[I-]. The van der Waals surface area contributed by atoms with E-state index < -0.39 is 12.1 Å². The average Bonchev–Trinajstić information content (AvgIpc) is 3.48. The van der Waals surface area contributed by atoms with Crippen LogP contribution in [-0.2, 0) is 22.5 Å². The Morgan fingerprint density at radius 3 is 2.22 bits per heavy atom. The molecular formula is C34H43IN4O6S. The van der Waals surface area contributed by atoms with Gasteiger partial charge in [0.25, 0.3) is 0 Å². The van der Waals surface area contributed by atoms with Crippen LogP contribution >= 0.6 is 11.3 Å². The molecule has 1 saturated heterocycles. The number of phenols is 2. The Labute approximate surface area is 291 Å². The van der Waals surface area contributed by atoms with Crippen molar-refractivity contribution in [3.63, 3.8) is 0 Å². The van der Waals surface area contributed by atoms with Gasteiger partial charge in [-0.1, -0.05) is 18.6 Å². The zero-order valence-electron chi connectivity index (χ0n) is 26.0. The second kappa shape index (κ2) is 16.5. The molecule has 1 aliphatic carbocycles. The third-order valence-electron chi connectivity index (χ3n) is 8.63. The fourth-order valence-electron chi connectivity index (χ4n) is 6.33. The summed E-state index contributed by atoms with van der Waals surface area (Å²) < 4.78 is 6.40. The van der Waals surface area contributed by atoms with Crippen LogP contribution in [0.15, 0.2) is 60.7 Å². The number of rotatable bonds is 10. The standard InChI is InChI=1S/C34H42N4O6S.HI/c1-38(21-24-11-15-27(40)16-12-24)19-5-6-25(22-38)35-32(41)29(20-23-9-13-26(39)14-10-23)36-34(43)37-31-18-17-30(45-31)33(42)44-28-7-3-2-4-8-28;/h9-18,25,28-29H,2-8,19-22H2,1H3,(H4-,35,36,37,39,40,41,42,43);1H/t25-,29-,38?;/m0./s1. The van der Waals surface area contributed by atoms with Crippen LogP contribution in [0.1, 0.15) is 65.7 Å². The molecule has 1 saturated carbocycles. The number of likely N-dealkylation sites (tertiary alicyclic amines) is 1. The molecule has 0 spiro atoms. The fourth-order valence-corrected chi connectivity index (χ4v) is 7.11. The van der Waals surface area contributed by atoms with Crippen molar-refractivity contribution in [3.8, 4) is 11.5 Å². The number of urea groups is 1. The Bertz CT molecular complexity index is 1460. The molecule has 1 aliphatic heterocycles. The van der Waals surface area contributed by atoms with Crippen LogP contribution in [-0.4, -0.2) is 70.9 Å². The Hall–Kier alpha value is -3.36. The molecule has 5 rings (SSSR count). The predicted octanol–water partition coefficient (Wildman–Crippen LogP) is 2.31. The number of aromatic hydroxyl groups is 2. The van der Waals surface area contributed by atoms with Gasteiger partial charge in [-0.2, -0.15) is 0 Å². The third-order valence-corrected chi connectivity index (χ3v) is 9.61. The first kappa shape index (κ1) is 35.5. The zero-order chi connectivity index (χ0) is 31.8. The molecule has 2 heterocycles. The first-order chi connectivity index (χ1) is 21.6. The number of hydrogen-bond donors (Lipinski definition) is 5. The molecule has 3 amide bonds. The second-order valence-electron chi connectivity index (χ2n) is 12.5. The van der Waals surface area contributed by atoms with Gasteiger partial charge < -0.3 is 54.0 Å². The highest BCUT2D eigenvalue weighted by Gasteiger charge is 2.34. The van der Waals surface area contributed by atoms with Crippen LogP contribution in [0.3, 0.4) is 0 Å². The van der Waals surface area contributed by atoms with E-state index in [1.54, 1.807) is 48.5 Å². The zero-order valence-corrected chi connectivity index (χ0v) is 29.0. The molecule has 0 bridgehead atoms. The number of halogens is 1. The molecule has 1 aromatic heterocycles. The van der Waals surface area contributed by atoms with Gasteiger partial charge in [-0.15, -0.1) is 11.3 Å². The summed E-state index contributed by atoms with van der Waals surface area (Å²) in [5.41, 5.74) is 1.90. The Morgan fingerprint density at radius 2 is 1.54 bits per heavy atom. The summed E-state index contributed by atoms with van der Waals surface area (Å²) in [5.74, 6) is -0.315. The summed E-state index contributed by atoms with van der Waals surface area (Å²) in [6, 6.07) is 15.6. The minimum Gasteiger partial charge on any atom is -1.00 e. The van der Waals surface area contributed by atoms with E-state index in [9.17, 15) is 24.6 Å². The first-order valence-corrected chi connectivity index (χ1v) is 16.5. The Morgan fingerprint density at radius 1 is 0.891 bits per heavy atom. The maximum Gasteiger partial charge on any atom is 0.348 e. The molecular weight excluding hydrogens is 719 g/mol. The summed E-state index contributed by atoms with van der Waals surface area (Å²) in [5, 5.41) is 28.6. The van der Waals surface area contributed by atoms with E-state index in [4.69, 9.17) is 4.74 Å². The van der Waals surface area contributed by atoms with Crippen molar-refractivity contribution < 1.29 is 57.8 Å². The van der Waals surface area contributed by atoms with E-state index in [0.29, 0.717) is 9.88 Å². The number of nitrogens with zero attached hydrogens (tertiary/aromatic N) is 1. The largest absolute Gasteiger partial charge is 1.00 e. The molecule has 12 heteroatoms. The average molecular weight is 763 g/mol. The van der Waals surface area contributed by atoms with E-state index >= 15 is 0 Å². The lowest BCUT2D eigenvalue weighted by Gasteiger charge is -2.42. The highest BCUT2D eigenvalue weighted by Crippen LogP contribution is 2.26. The summed E-state index contributed by atoms with van der Waals surface area (Å²) in [6.07, 6.45) is 7.01. The van der Waals surface area contributed by atoms with Crippen LogP contribution in [0.2, 0.25) is 0 Å². The lowest BCUT2D eigenvalue weighted by molar-refractivity contribution is -0.927. The lowest BCUT2D eigenvalue weighted by Crippen LogP contribution is -3.00. The van der Waals surface area contributed by atoms with E-state index in [-0.39, 0.29) is 65.9 Å². The number of thiophene rings is 1. The Kier molecular flexibility index (Phi) is 12.7. The van der Waals surface area contributed by atoms with Gasteiger partial charge in [-0.3, -0.25) is 10.1 Å². The van der Waals surface area contributed by atoms with Gasteiger partial charge in [-0.25, -0.2) is 9.59 Å². The van der Waals surface area contributed by atoms with Crippen molar-refractivity contribution in [2.45, 2.75) is 76.1 Å². The molecule has 2 aliphatic rings. The summed E-state index contributed by atoms with van der Waals surface area (Å²) in [7, 11) is 2.17. The van der Waals surface area contributed by atoms with E-state index in [0.717, 1.165) is 85.1 Å². The molecule has 2 fully saturated rings. The van der Waals surface area contributed by atoms with Gasteiger partial charge in [0, 0.05) is 12.0 Å². The number of hydrogen-bond acceptors (Lipinski definition) is 7. The van der Waals surface area contributed by atoms with Crippen LogP contribution in [0, 0.1) is 0 Å². The summed E-state index contributed by atoms with van der Waals surface area (Å²) in [6.45, 7) is 2.49. The minimum atomic E-state index is -0.872. The van der Waals surface area contributed by atoms with Crippen LogP contribution in [0.5, 0.6) is 11.5 Å². The molecule has 5 N–H and O–H groups in total. The van der Waals surface area contributed by atoms with Gasteiger partial charge in [0.2, 0.25) is 5.91 Å². The third kappa shape index (κ3) is 10.3. The normalized spacial score (nSPS) is 20.5. The van der Waals surface area contributed by atoms with Crippen LogP contribution in [0.25, 0.3) is 0 Å². The fraction of sp³-hybridized carbons (Fsp3) is 0.441. The van der Waals surface area contributed by atoms with Gasteiger partial charge in [0.05, 0.1) is 31.2 Å². The highest BCUT2D eigenvalue weighted by molar-refractivity contribution is 7.18. The molecule has 3 aromatic rings. The quantitative estimate of drug-likeness (QED) is 0.122. The summed E-state index contributed by atoms with van der Waals surface area (Å²) >= 11 is 1.14. The predicted molar refractivity (Wildman–Crippen MR) is 173 cm³/mol. The number of esters is 1. The number of phenolic OH excluding ortho intramolecular Hbond substituents is 2. The molecule has 248 valence electrons. The maximum atomic E-state index is 13.7. The van der Waals surface area contributed by atoms with Crippen molar-refractivity contribution in [1.82, 2.24) is 10.6 Å². The van der Waals surface area contributed by atoms with Crippen molar-refractivity contribution in [3.05, 3.63) is 76.7 Å². The van der Waals surface area contributed by atoms with E-state index in [1.165, 1.54) is 6.42 Å². The minimum absolute atomic E-state index is 0. The van der Waals surface area contributed by atoms with Crippen LogP contribution < -0.4 is 39.9 Å². The van der Waals surface area contributed by atoms with Gasteiger partial charge in [0.1, 0.15) is 35.1 Å². The van der Waals surface area contributed by atoms with Gasteiger partial charge in [-0.05, 0) is 92.6 Å². The number of amides is 3. The Balaban J connectivity index is 0.00000480. The summed E-state index contributed by atoms with van der Waals surface area (Å²) in [4.78, 5) is 39.8. The molecule has 10 nitrogen and oxygen atoms in total. The number of quaternary nitrogens is 1. The smallest absolute Gasteiger partial charge is 0.348 e. The van der Waals surface area contributed by atoms with E-state index in [2.05, 4.69) is 23.0 Å². The number of ether oxygens (including phenoxy) is 1. The molecule has 0 radical (unpaired) electrons.